The summed E-state index contributed by atoms with van der Waals surface area (Å²) < 4.78 is 0. The largest absolute Gasteiger partial charge is 0.343 e. The Hall–Kier alpha value is -0.260. The Labute approximate surface area is 115 Å². The van der Waals surface area contributed by atoms with Crippen LogP contribution in [0.5, 0.6) is 0 Å². The quantitative estimate of drug-likeness (QED) is 0.747. The van der Waals surface area contributed by atoms with Gasteiger partial charge in [-0.2, -0.15) is 11.8 Å². The van der Waals surface area contributed by atoms with Crippen molar-refractivity contribution in [1.82, 2.24) is 15.1 Å². The molecule has 1 fully saturated rings. The van der Waals surface area contributed by atoms with Crippen LogP contribution in [0.2, 0.25) is 0 Å². The number of nitrogens with zero attached hydrogens (tertiary/aromatic N) is 2. The predicted octanol–water partition coefficient (Wildman–Crippen LogP) is 0.882. The molecular formula is C13H27N3OS. The Bertz CT molecular complexity index is 242. The van der Waals surface area contributed by atoms with Crippen LogP contribution >= 0.6 is 11.8 Å². The molecule has 1 aliphatic rings. The lowest BCUT2D eigenvalue weighted by molar-refractivity contribution is -0.131. The van der Waals surface area contributed by atoms with Gasteiger partial charge in [0.05, 0.1) is 0 Å². The number of nitrogens with one attached hydrogen (secondary N) is 1. The van der Waals surface area contributed by atoms with Crippen molar-refractivity contribution in [2.45, 2.75) is 25.8 Å². The fourth-order valence-corrected chi connectivity index (χ4v) is 3.08. The van der Waals surface area contributed by atoms with Gasteiger partial charge in [-0.3, -0.25) is 4.79 Å². The number of amides is 1. The lowest BCUT2D eigenvalue weighted by Gasteiger charge is -2.27. The number of rotatable bonds is 7. The van der Waals surface area contributed by atoms with Crippen molar-refractivity contribution in [2.75, 3.05) is 51.8 Å². The van der Waals surface area contributed by atoms with Gasteiger partial charge in [-0.25, -0.2) is 0 Å². The maximum Gasteiger partial charge on any atom is 0.224 e. The summed E-state index contributed by atoms with van der Waals surface area (Å²) in [4.78, 5) is 16.3. The molecular weight excluding hydrogens is 246 g/mol. The van der Waals surface area contributed by atoms with Crippen molar-refractivity contribution >= 4 is 17.7 Å². The van der Waals surface area contributed by atoms with Crippen LogP contribution in [0.3, 0.4) is 0 Å². The van der Waals surface area contributed by atoms with E-state index < -0.39 is 0 Å². The molecule has 1 saturated heterocycles. The first kappa shape index (κ1) is 15.8. The van der Waals surface area contributed by atoms with Gasteiger partial charge < -0.3 is 15.1 Å². The van der Waals surface area contributed by atoms with Gasteiger partial charge >= 0.3 is 0 Å². The van der Waals surface area contributed by atoms with Crippen molar-refractivity contribution in [3.05, 3.63) is 0 Å². The van der Waals surface area contributed by atoms with Crippen LogP contribution in [0.1, 0.15) is 19.8 Å². The summed E-state index contributed by atoms with van der Waals surface area (Å²) >= 11 is 1.95. The summed E-state index contributed by atoms with van der Waals surface area (Å²) in [6, 6.07) is 0.374. The topological polar surface area (TPSA) is 35.6 Å². The molecule has 0 aromatic heterocycles. The van der Waals surface area contributed by atoms with Gasteiger partial charge in [-0.05, 0) is 34.0 Å². The zero-order valence-electron chi connectivity index (χ0n) is 11.9. The molecule has 4 nitrogen and oxygen atoms in total. The number of hydrogen-bond donors (Lipinski definition) is 1. The molecule has 0 radical (unpaired) electrons. The van der Waals surface area contributed by atoms with E-state index >= 15 is 0 Å². The lowest BCUT2D eigenvalue weighted by Crippen LogP contribution is -2.43. The average Bonchev–Trinajstić information content (AvgIpc) is 2.35. The van der Waals surface area contributed by atoms with Gasteiger partial charge in [-0.15, -0.1) is 0 Å². The average molecular weight is 273 g/mol. The van der Waals surface area contributed by atoms with Gasteiger partial charge in [-0.1, -0.05) is 0 Å². The zero-order valence-corrected chi connectivity index (χ0v) is 12.8. The van der Waals surface area contributed by atoms with Crippen molar-refractivity contribution in [2.24, 2.45) is 0 Å². The normalized spacial score (nSPS) is 20.1. The van der Waals surface area contributed by atoms with Gasteiger partial charge in [0.25, 0.3) is 0 Å². The third kappa shape index (κ3) is 6.07. The molecule has 0 saturated carbocycles. The fourth-order valence-electron chi connectivity index (χ4n) is 2.13. The van der Waals surface area contributed by atoms with Crippen molar-refractivity contribution in [3.63, 3.8) is 0 Å². The molecule has 0 aromatic rings. The molecule has 18 heavy (non-hydrogen) atoms. The van der Waals surface area contributed by atoms with Gasteiger partial charge in [0, 0.05) is 43.6 Å². The van der Waals surface area contributed by atoms with Gasteiger partial charge in [0.2, 0.25) is 5.91 Å². The standard InChI is InChI=1S/C13H27N3OS/c1-4-16(8-5-7-15(2)3)13(17)10-12-11-18-9-6-14-12/h12,14H,4-11H2,1-3H3. The van der Waals surface area contributed by atoms with E-state index in [-0.39, 0.29) is 0 Å². The summed E-state index contributed by atoms with van der Waals surface area (Å²) in [5, 5.41) is 3.43. The predicted molar refractivity (Wildman–Crippen MR) is 79.2 cm³/mol. The smallest absolute Gasteiger partial charge is 0.224 e. The molecule has 1 rings (SSSR count). The number of hydrogen-bond acceptors (Lipinski definition) is 4. The first-order valence-corrected chi connectivity index (χ1v) is 8.02. The van der Waals surface area contributed by atoms with Gasteiger partial charge in [0.1, 0.15) is 0 Å². The van der Waals surface area contributed by atoms with Crippen LogP contribution in [-0.4, -0.2) is 73.5 Å². The highest BCUT2D eigenvalue weighted by Crippen LogP contribution is 2.11. The van der Waals surface area contributed by atoms with Gasteiger partial charge in [0.15, 0.2) is 0 Å². The number of carbonyl (C=O) groups is 1. The molecule has 0 bridgehead atoms. The molecule has 5 heteroatoms. The van der Waals surface area contributed by atoms with Crippen LogP contribution in [0.25, 0.3) is 0 Å². The minimum absolute atomic E-state index is 0.302. The Morgan fingerprint density at radius 2 is 2.17 bits per heavy atom. The zero-order chi connectivity index (χ0) is 13.4. The fraction of sp³-hybridized carbons (Fsp3) is 0.923. The molecule has 0 aliphatic carbocycles. The van der Waals surface area contributed by atoms with E-state index in [4.69, 9.17) is 0 Å². The van der Waals surface area contributed by atoms with Crippen LogP contribution in [0, 0.1) is 0 Å². The first-order chi connectivity index (χ1) is 8.63. The monoisotopic (exact) mass is 273 g/mol. The number of thioether (sulfide) groups is 1. The molecule has 0 spiro atoms. The Balaban J connectivity index is 2.27. The molecule has 1 amide bonds. The summed E-state index contributed by atoms with van der Waals surface area (Å²) in [6.07, 6.45) is 1.71. The third-order valence-corrected chi connectivity index (χ3v) is 4.32. The Morgan fingerprint density at radius 3 is 2.72 bits per heavy atom. The Morgan fingerprint density at radius 1 is 1.39 bits per heavy atom. The highest BCUT2D eigenvalue weighted by atomic mass is 32.2. The number of carbonyl (C=O) groups excluding carboxylic acids is 1. The van der Waals surface area contributed by atoms with E-state index in [0.29, 0.717) is 18.4 Å². The molecule has 0 aromatic carbocycles. The second-order valence-corrected chi connectivity index (χ2v) is 6.21. The van der Waals surface area contributed by atoms with E-state index in [1.165, 1.54) is 5.75 Å². The highest BCUT2D eigenvalue weighted by Gasteiger charge is 2.19. The molecule has 1 heterocycles. The van der Waals surface area contributed by atoms with E-state index in [2.05, 4.69) is 31.2 Å². The van der Waals surface area contributed by atoms with Crippen LogP contribution in [0.15, 0.2) is 0 Å². The second kappa shape index (κ2) is 8.77. The molecule has 106 valence electrons. The van der Waals surface area contributed by atoms with Crippen LogP contribution in [-0.2, 0) is 4.79 Å². The summed E-state index contributed by atoms with van der Waals surface area (Å²) in [5.74, 6) is 2.54. The lowest BCUT2D eigenvalue weighted by atomic mass is 10.2. The van der Waals surface area contributed by atoms with E-state index in [0.717, 1.165) is 38.4 Å². The molecule has 1 N–H and O–H groups in total. The third-order valence-electron chi connectivity index (χ3n) is 3.19. The summed E-state index contributed by atoms with van der Waals surface area (Å²) in [7, 11) is 4.14. The highest BCUT2D eigenvalue weighted by molar-refractivity contribution is 7.99. The summed E-state index contributed by atoms with van der Waals surface area (Å²) in [5.41, 5.74) is 0. The summed E-state index contributed by atoms with van der Waals surface area (Å²) in [6.45, 7) is 5.85. The van der Waals surface area contributed by atoms with Crippen molar-refractivity contribution in [3.8, 4) is 0 Å². The maximum absolute atomic E-state index is 12.2. The van der Waals surface area contributed by atoms with Crippen LogP contribution in [0.4, 0.5) is 0 Å². The first-order valence-electron chi connectivity index (χ1n) is 6.87. The maximum atomic E-state index is 12.2. The van der Waals surface area contributed by atoms with E-state index in [1.807, 2.05) is 16.7 Å². The van der Waals surface area contributed by atoms with E-state index in [1.54, 1.807) is 0 Å². The minimum atomic E-state index is 0.302. The van der Waals surface area contributed by atoms with Crippen molar-refractivity contribution < 1.29 is 4.79 Å². The Kier molecular flexibility index (Phi) is 7.70. The molecule has 1 unspecified atom stereocenters. The minimum Gasteiger partial charge on any atom is -0.343 e. The molecule has 1 aliphatic heterocycles. The molecule has 1 atom stereocenters. The van der Waals surface area contributed by atoms with E-state index in [9.17, 15) is 4.79 Å². The van der Waals surface area contributed by atoms with Crippen molar-refractivity contribution in [1.29, 1.82) is 0 Å². The SMILES string of the molecule is CCN(CCCN(C)C)C(=O)CC1CSCCN1. The second-order valence-electron chi connectivity index (χ2n) is 5.06. The van der Waals surface area contributed by atoms with Crippen LogP contribution < -0.4 is 5.32 Å².